The van der Waals surface area contributed by atoms with E-state index in [0.29, 0.717) is 15.6 Å². The van der Waals surface area contributed by atoms with E-state index in [4.69, 9.17) is 4.74 Å². The van der Waals surface area contributed by atoms with Crippen molar-refractivity contribution < 1.29 is 18.3 Å². The molecule has 4 nitrogen and oxygen atoms in total. The Kier molecular flexibility index (Phi) is 6.13. The largest absolute Gasteiger partial charge is 0.443 e. The van der Waals surface area contributed by atoms with Crippen LogP contribution in [0.4, 0.5) is 13.6 Å². The third-order valence-electron chi connectivity index (χ3n) is 3.19. The summed E-state index contributed by atoms with van der Waals surface area (Å²) < 4.78 is 33.3. The lowest BCUT2D eigenvalue weighted by Gasteiger charge is -2.24. The maximum atomic E-state index is 14.4. The van der Waals surface area contributed by atoms with E-state index in [-0.39, 0.29) is 0 Å². The van der Waals surface area contributed by atoms with Gasteiger partial charge in [0.05, 0.1) is 6.04 Å². The SMILES string of the molecule is CC(C)(C)OC(=O)NNC(c1ccc(F)cc1)c1ccc(Br)cc1F. The van der Waals surface area contributed by atoms with Gasteiger partial charge in [-0.15, -0.1) is 0 Å². The molecule has 0 saturated carbocycles. The number of nitrogens with one attached hydrogen (secondary N) is 2. The first-order chi connectivity index (χ1) is 11.7. The summed E-state index contributed by atoms with van der Waals surface area (Å²) in [6.07, 6.45) is -0.697. The van der Waals surface area contributed by atoms with Crippen LogP contribution in [0.2, 0.25) is 0 Å². The summed E-state index contributed by atoms with van der Waals surface area (Å²) in [6.45, 7) is 5.20. The Balaban J connectivity index is 2.26. The van der Waals surface area contributed by atoms with E-state index in [0.717, 1.165) is 0 Å². The van der Waals surface area contributed by atoms with Gasteiger partial charge in [0.15, 0.2) is 0 Å². The summed E-state index contributed by atoms with van der Waals surface area (Å²) in [7, 11) is 0. The van der Waals surface area contributed by atoms with E-state index >= 15 is 0 Å². The summed E-state index contributed by atoms with van der Waals surface area (Å²) in [5.41, 5.74) is 5.37. The van der Waals surface area contributed by atoms with Gasteiger partial charge in [0.25, 0.3) is 0 Å². The van der Waals surface area contributed by atoms with E-state index in [9.17, 15) is 13.6 Å². The van der Waals surface area contributed by atoms with E-state index < -0.39 is 29.4 Å². The van der Waals surface area contributed by atoms with Crippen molar-refractivity contribution in [2.75, 3.05) is 0 Å². The molecular formula is C18H19BrF2N2O2. The molecule has 134 valence electrons. The minimum absolute atomic E-state index is 0.297. The number of rotatable bonds is 4. The lowest BCUT2D eigenvalue weighted by atomic mass is 9.99. The number of carbonyl (C=O) groups is 1. The molecule has 0 aliphatic heterocycles. The van der Waals surface area contributed by atoms with Crippen LogP contribution in [-0.4, -0.2) is 11.7 Å². The van der Waals surface area contributed by atoms with Crippen LogP contribution >= 0.6 is 15.9 Å². The molecule has 0 saturated heterocycles. The summed E-state index contributed by atoms with van der Waals surface area (Å²) in [6, 6.07) is 9.45. The van der Waals surface area contributed by atoms with Gasteiger partial charge in [0, 0.05) is 10.0 Å². The number of hydrogen-bond donors (Lipinski definition) is 2. The van der Waals surface area contributed by atoms with Crippen molar-refractivity contribution in [2.24, 2.45) is 0 Å². The quantitative estimate of drug-likeness (QED) is 0.705. The Morgan fingerprint density at radius 3 is 2.32 bits per heavy atom. The Hall–Kier alpha value is -1.99. The summed E-state index contributed by atoms with van der Waals surface area (Å²) in [5, 5.41) is 0. The van der Waals surface area contributed by atoms with Gasteiger partial charge in [-0.05, 0) is 50.6 Å². The Morgan fingerprint density at radius 2 is 1.76 bits per heavy atom. The molecule has 0 aromatic heterocycles. The summed E-state index contributed by atoms with van der Waals surface area (Å²) in [5.74, 6) is -0.874. The van der Waals surface area contributed by atoms with Crippen molar-refractivity contribution in [3.8, 4) is 0 Å². The van der Waals surface area contributed by atoms with Crippen molar-refractivity contribution in [3.63, 3.8) is 0 Å². The third-order valence-corrected chi connectivity index (χ3v) is 3.69. The molecular weight excluding hydrogens is 394 g/mol. The Bertz CT molecular complexity index is 746. The second-order valence-electron chi connectivity index (χ2n) is 6.42. The molecule has 2 rings (SSSR count). The Labute approximate surface area is 153 Å². The highest BCUT2D eigenvalue weighted by Crippen LogP contribution is 2.26. The highest BCUT2D eigenvalue weighted by Gasteiger charge is 2.21. The molecule has 1 atom stereocenters. The molecule has 2 N–H and O–H groups in total. The van der Waals surface area contributed by atoms with Gasteiger partial charge in [0.1, 0.15) is 17.2 Å². The molecule has 2 aromatic rings. The van der Waals surface area contributed by atoms with Crippen LogP contribution in [0.15, 0.2) is 46.9 Å². The van der Waals surface area contributed by atoms with Gasteiger partial charge in [-0.2, -0.15) is 0 Å². The number of amides is 1. The number of ether oxygens (including phenoxy) is 1. The van der Waals surface area contributed by atoms with Crippen LogP contribution in [0.5, 0.6) is 0 Å². The van der Waals surface area contributed by atoms with E-state index in [1.165, 1.54) is 30.3 Å². The highest BCUT2D eigenvalue weighted by atomic mass is 79.9. The van der Waals surface area contributed by atoms with Gasteiger partial charge in [-0.3, -0.25) is 5.43 Å². The second-order valence-corrected chi connectivity index (χ2v) is 7.34. The standard InChI is InChI=1S/C18H19BrF2N2O2/c1-18(2,3)25-17(24)23-22-16(11-4-7-13(20)8-5-11)14-9-6-12(19)10-15(14)21/h4-10,16,22H,1-3H3,(H,23,24). The maximum absolute atomic E-state index is 14.4. The van der Waals surface area contributed by atoms with Gasteiger partial charge < -0.3 is 4.74 Å². The monoisotopic (exact) mass is 412 g/mol. The first-order valence-corrected chi connectivity index (χ1v) is 8.40. The molecule has 1 amide bonds. The number of hydrogen-bond acceptors (Lipinski definition) is 3. The molecule has 0 radical (unpaired) electrons. The molecule has 25 heavy (non-hydrogen) atoms. The highest BCUT2D eigenvalue weighted by molar-refractivity contribution is 9.10. The number of halogens is 3. The van der Waals surface area contributed by atoms with Crippen LogP contribution in [0, 0.1) is 11.6 Å². The number of hydrazine groups is 1. The fourth-order valence-electron chi connectivity index (χ4n) is 2.17. The summed E-state index contributed by atoms with van der Waals surface area (Å²) >= 11 is 3.21. The van der Waals surface area contributed by atoms with Gasteiger partial charge in [-0.1, -0.05) is 34.1 Å². The second kappa shape index (κ2) is 7.93. The Morgan fingerprint density at radius 1 is 1.12 bits per heavy atom. The average Bonchev–Trinajstić information content (AvgIpc) is 2.49. The molecule has 0 heterocycles. The van der Waals surface area contributed by atoms with Crippen molar-refractivity contribution >= 4 is 22.0 Å². The topological polar surface area (TPSA) is 50.4 Å². The zero-order chi connectivity index (χ0) is 18.6. The molecule has 0 spiro atoms. The fourth-order valence-corrected chi connectivity index (χ4v) is 2.50. The minimum atomic E-state index is -0.721. The van der Waals surface area contributed by atoms with Crippen LogP contribution in [0.3, 0.4) is 0 Å². The van der Waals surface area contributed by atoms with E-state index in [2.05, 4.69) is 26.8 Å². The first kappa shape index (κ1) is 19.3. The predicted octanol–water partition coefficient (Wildman–Crippen LogP) is 4.85. The lowest BCUT2D eigenvalue weighted by molar-refractivity contribution is 0.0491. The molecule has 7 heteroatoms. The predicted molar refractivity (Wildman–Crippen MR) is 94.8 cm³/mol. The molecule has 0 fully saturated rings. The first-order valence-electron chi connectivity index (χ1n) is 7.60. The molecule has 2 aromatic carbocycles. The molecule has 0 aliphatic carbocycles. The van der Waals surface area contributed by atoms with Crippen LogP contribution in [0.25, 0.3) is 0 Å². The molecule has 0 bridgehead atoms. The lowest BCUT2D eigenvalue weighted by Crippen LogP contribution is -2.43. The van der Waals surface area contributed by atoms with Crippen LogP contribution in [-0.2, 0) is 4.74 Å². The van der Waals surface area contributed by atoms with Crippen molar-refractivity contribution in [1.29, 1.82) is 0 Å². The van der Waals surface area contributed by atoms with Crippen LogP contribution in [0.1, 0.15) is 37.9 Å². The van der Waals surface area contributed by atoms with Gasteiger partial charge in [0.2, 0.25) is 0 Å². The van der Waals surface area contributed by atoms with E-state index in [1.54, 1.807) is 32.9 Å². The van der Waals surface area contributed by atoms with E-state index in [1.807, 2.05) is 0 Å². The smallest absolute Gasteiger partial charge is 0.422 e. The zero-order valence-corrected chi connectivity index (χ0v) is 15.7. The zero-order valence-electron chi connectivity index (χ0n) is 14.1. The number of carbonyl (C=O) groups excluding carboxylic acids is 1. The van der Waals surface area contributed by atoms with Crippen molar-refractivity contribution in [2.45, 2.75) is 32.4 Å². The number of benzene rings is 2. The molecule has 0 aliphatic rings. The van der Waals surface area contributed by atoms with Crippen LogP contribution < -0.4 is 10.9 Å². The summed E-state index contributed by atoms with van der Waals surface area (Å²) in [4.78, 5) is 11.9. The third kappa shape index (κ3) is 5.79. The maximum Gasteiger partial charge on any atom is 0.422 e. The average molecular weight is 413 g/mol. The molecule has 1 unspecified atom stereocenters. The van der Waals surface area contributed by atoms with Gasteiger partial charge >= 0.3 is 6.09 Å². The minimum Gasteiger partial charge on any atom is -0.443 e. The normalized spacial score (nSPS) is 12.6. The van der Waals surface area contributed by atoms with Gasteiger partial charge in [-0.25, -0.2) is 19.0 Å². The fraction of sp³-hybridized carbons (Fsp3) is 0.278. The van der Waals surface area contributed by atoms with Crippen molar-refractivity contribution in [3.05, 3.63) is 69.7 Å². The van der Waals surface area contributed by atoms with Crippen molar-refractivity contribution in [1.82, 2.24) is 10.9 Å².